The highest BCUT2D eigenvalue weighted by molar-refractivity contribution is 5.28. The molecule has 1 aromatic rings. The molecule has 0 amide bonds. The van der Waals surface area contributed by atoms with Gasteiger partial charge in [0, 0.05) is 25.0 Å². The van der Waals surface area contributed by atoms with Crippen molar-refractivity contribution in [1.82, 2.24) is 10.3 Å². The van der Waals surface area contributed by atoms with Crippen LogP contribution in [0.5, 0.6) is 0 Å². The van der Waals surface area contributed by atoms with Crippen LogP contribution in [0.3, 0.4) is 0 Å². The third-order valence-electron chi connectivity index (χ3n) is 1.44. The zero-order chi connectivity index (χ0) is 6.10. The number of H-pyrrole nitrogens is 1. The maximum Gasteiger partial charge on any atom is 0.0526 e. The Kier molecular flexibility index (Phi) is 0.859. The lowest BCUT2D eigenvalue weighted by Gasteiger charge is -2.04. The minimum absolute atomic E-state index is 0.922. The molecule has 0 spiro atoms. The number of hydrogen-bond acceptors (Lipinski definition) is 1. The summed E-state index contributed by atoms with van der Waals surface area (Å²) in [6.45, 7) is 0.922. The maximum absolute atomic E-state index is 3.08. The molecular weight excluding hydrogens is 112 g/mol. The summed E-state index contributed by atoms with van der Waals surface area (Å²) in [7, 11) is 0. The molecule has 0 aromatic carbocycles. The van der Waals surface area contributed by atoms with Crippen molar-refractivity contribution in [3.05, 3.63) is 35.8 Å². The van der Waals surface area contributed by atoms with Crippen molar-refractivity contribution in [2.24, 2.45) is 0 Å². The summed E-state index contributed by atoms with van der Waals surface area (Å²) in [4.78, 5) is 3.08. The minimum Gasteiger partial charge on any atom is -0.386 e. The summed E-state index contributed by atoms with van der Waals surface area (Å²) in [5.74, 6) is 0. The van der Waals surface area contributed by atoms with E-state index in [9.17, 15) is 0 Å². The smallest absolute Gasteiger partial charge is 0.0526 e. The number of nitrogens with one attached hydrogen (secondary N) is 2. The summed E-state index contributed by atoms with van der Waals surface area (Å²) in [6, 6.07) is 2.06. The molecule has 2 rings (SSSR count). The van der Waals surface area contributed by atoms with Crippen LogP contribution in [0.2, 0.25) is 0 Å². The van der Waals surface area contributed by atoms with E-state index in [-0.39, 0.29) is 0 Å². The minimum atomic E-state index is 0.922. The number of fused-ring (bicyclic) bond motifs is 1. The molecule has 2 N–H and O–H groups in total. The molecule has 0 atom stereocenters. The first-order valence-corrected chi connectivity index (χ1v) is 2.95. The number of hydrogen-bond donors (Lipinski definition) is 2. The highest BCUT2D eigenvalue weighted by atomic mass is 14.9. The van der Waals surface area contributed by atoms with Gasteiger partial charge in [-0.25, -0.2) is 0 Å². The largest absolute Gasteiger partial charge is 0.386 e. The van der Waals surface area contributed by atoms with Crippen molar-refractivity contribution >= 4 is 0 Å². The first-order valence-electron chi connectivity index (χ1n) is 2.95. The standard InChI is InChI=1S/C7H7N2/c1-4-9-7-2-3-8-5-6(1)7/h1,3-4,8-9H,5H2. The molecule has 0 aliphatic carbocycles. The monoisotopic (exact) mass is 119 g/mol. The van der Waals surface area contributed by atoms with Crippen molar-refractivity contribution in [3.8, 4) is 0 Å². The van der Waals surface area contributed by atoms with Crippen LogP contribution in [-0.4, -0.2) is 4.98 Å². The van der Waals surface area contributed by atoms with Gasteiger partial charge in [0.1, 0.15) is 0 Å². The average molecular weight is 119 g/mol. The molecule has 0 unspecified atom stereocenters. The molecule has 0 bridgehead atoms. The third-order valence-corrected chi connectivity index (χ3v) is 1.44. The van der Waals surface area contributed by atoms with Gasteiger partial charge in [-0.15, -0.1) is 0 Å². The second-order valence-corrected chi connectivity index (χ2v) is 2.05. The molecule has 1 aromatic heterocycles. The molecule has 2 nitrogen and oxygen atoms in total. The van der Waals surface area contributed by atoms with E-state index in [1.54, 1.807) is 0 Å². The van der Waals surface area contributed by atoms with E-state index in [4.69, 9.17) is 0 Å². The van der Waals surface area contributed by atoms with Gasteiger partial charge in [0.2, 0.25) is 0 Å². The van der Waals surface area contributed by atoms with Gasteiger partial charge in [-0.05, 0) is 11.6 Å². The van der Waals surface area contributed by atoms with E-state index in [2.05, 4.69) is 22.4 Å². The zero-order valence-corrected chi connectivity index (χ0v) is 4.94. The maximum atomic E-state index is 3.08. The summed E-state index contributed by atoms with van der Waals surface area (Å²) >= 11 is 0. The fraction of sp³-hybridized carbons (Fsp3) is 0.143. The van der Waals surface area contributed by atoms with Crippen molar-refractivity contribution in [2.75, 3.05) is 0 Å². The highest BCUT2D eigenvalue weighted by Crippen LogP contribution is 2.08. The van der Waals surface area contributed by atoms with Gasteiger partial charge in [-0.3, -0.25) is 0 Å². The molecule has 0 saturated heterocycles. The lowest BCUT2D eigenvalue weighted by molar-refractivity contribution is 0.841. The van der Waals surface area contributed by atoms with E-state index in [0.717, 1.165) is 12.2 Å². The molecule has 1 aliphatic heterocycles. The fourth-order valence-corrected chi connectivity index (χ4v) is 0.967. The molecule has 1 radical (unpaired) electrons. The molecule has 45 valence electrons. The van der Waals surface area contributed by atoms with Gasteiger partial charge in [-0.2, -0.15) is 0 Å². The lowest BCUT2D eigenvalue weighted by atomic mass is 10.2. The van der Waals surface area contributed by atoms with Gasteiger partial charge >= 0.3 is 0 Å². The first kappa shape index (κ1) is 4.68. The number of aromatic nitrogens is 1. The van der Waals surface area contributed by atoms with Crippen LogP contribution in [0, 0.1) is 6.08 Å². The molecule has 2 heteroatoms. The van der Waals surface area contributed by atoms with Crippen molar-refractivity contribution < 1.29 is 0 Å². The molecule has 0 fully saturated rings. The molecule has 9 heavy (non-hydrogen) atoms. The normalized spacial score (nSPS) is 14.7. The van der Waals surface area contributed by atoms with Gasteiger partial charge in [0.05, 0.1) is 5.69 Å². The Morgan fingerprint density at radius 2 is 2.56 bits per heavy atom. The average Bonchev–Trinajstić information content (AvgIpc) is 2.33. The van der Waals surface area contributed by atoms with Crippen LogP contribution < -0.4 is 5.32 Å². The summed E-state index contributed by atoms with van der Waals surface area (Å²) in [5.41, 5.74) is 2.39. The van der Waals surface area contributed by atoms with E-state index >= 15 is 0 Å². The number of rotatable bonds is 0. The van der Waals surface area contributed by atoms with Crippen LogP contribution in [0.25, 0.3) is 0 Å². The van der Waals surface area contributed by atoms with Crippen LogP contribution >= 0.6 is 0 Å². The SMILES string of the molecule is [C]1=CNCc2cc[nH]c21. The highest BCUT2D eigenvalue weighted by Gasteiger charge is 2.02. The Balaban J connectivity index is 2.53. The zero-order valence-electron chi connectivity index (χ0n) is 4.94. The van der Waals surface area contributed by atoms with Gasteiger partial charge < -0.3 is 10.3 Å². The Hall–Kier alpha value is -1.18. The predicted octanol–water partition coefficient (Wildman–Crippen LogP) is 0.783. The van der Waals surface area contributed by atoms with Crippen molar-refractivity contribution in [1.29, 1.82) is 0 Å². The Morgan fingerprint density at radius 1 is 1.56 bits per heavy atom. The van der Waals surface area contributed by atoms with E-state index in [1.165, 1.54) is 5.56 Å². The first-order chi connectivity index (χ1) is 4.47. The third kappa shape index (κ3) is 0.633. The van der Waals surface area contributed by atoms with E-state index < -0.39 is 0 Å². The Morgan fingerprint density at radius 3 is 3.44 bits per heavy atom. The summed E-state index contributed by atoms with van der Waals surface area (Å²) in [5, 5.41) is 3.07. The Bertz CT molecular complexity index is 235. The second kappa shape index (κ2) is 1.65. The Labute approximate surface area is 53.6 Å². The van der Waals surface area contributed by atoms with E-state index in [1.807, 2.05) is 12.4 Å². The van der Waals surface area contributed by atoms with Gasteiger partial charge in [0.15, 0.2) is 0 Å². The topological polar surface area (TPSA) is 27.8 Å². The lowest BCUT2D eigenvalue weighted by Crippen LogP contribution is -2.09. The van der Waals surface area contributed by atoms with Crippen LogP contribution in [0.1, 0.15) is 11.3 Å². The van der Waals surface area contributed by atoms with Crippen LogP contribution in [0.4, 0.5) is 0 Å². The van der Waals surface area contributed by atoms with Crippen molar-refractivity contribution in [2.45, 2.75) is 6.54 Å². The summed E-state index contributed by atoms with van der Waals surface area (Å²) in [6.07, 6.45) is 6.81. The molecule has 2 heterocycles. The van der Waals surface area contributed by atoms with Gasteiger partial charge in [0.25, 0.3) is 0 Å². The molecule has 0 saturated carbocycles. The second-order valence-electron chi connectivity index (χ2n) is 2.05. The fourth-order valence-electron chi connectivity index (χ4n) is 0.967. The van der Waals surface area contributed by atoms with E-state index in [0.29, 0.717) is 0 Å². The number of aromatic amines is 1. The van der Waals surface area contributed by atoms with Gasteiger partial charge in [-0.1, -0.05) is 0 Å². The van der Waals surface area contributed by atoms with Crippen LogP contribution in [-0.2, 0) is 6.54 Å². The molecular formula is C7H7N2. The van der Waals surface area contributed by atoms with Crippen LogP contribution in [0.15, 0.2) is 18.5 Å². The molecule has 1 aliphatic rings. The summed E-state index contributed by atoms with van der Waals surface area (Å²) < 4.78 is 0. The predicted molar refractivity (Wildman–Crippen MR) is 34.5 cm³/mol. The quantitative estimate of drug-likeness (QED) is 0.519. The van der Waals surface area contributed by atoms with Crippen molar-refractivity contribution in [3.63, 3.8) is 0 Å².